The quantitative estimate of drug-likeness (QED) is 0.709. The second kappa shape index (κ2) is 7.46. The van der Waals surface area contributed by atoms with Crippen LogP contribution in [0.1, 0.15) is 52.8 Å². The Hall–Kier alpha value is -0.550. The van der Waals surface area contributed by atoms with Gasteiger partial charge in [0.2, 0.25) is 0 Å². The van der Waals surface area contributed by atoms with E-state index in [0.29, 0.717) is 0 Å². The molecule has 1 aromatic rings. The first-order valence-electron chi connectivity index (χ1n) is 6.48. The van der Waals surface area contributed by atoms with E-state index in [9.17, 15) is 9.59 Å². The average Bonchev–Trinajstić information content (AvgIpc) is 2.60. The molecule has 114 valence electrons. The van der Waals surface area contributed by atoms with Gasteiger partial charge in [-0.05, 0) is 22.9 Å². The van der Waals surface area contributed by atoms with Gasteiger partial charge in [0.25, 0.3) is 0 Å². The fourth-order valence-electron chi connectivity index (χ4n) is 1.00. The van der Waals surface area contributed by atoms with Gasteiger partial charge in [-0.2, -0.15) is 0 Å². The summed E-state index contributed by atoms with van der Waals surface area (Å²) >= 11 is 4.89. The molecule has 3 nitrogen and oxygen atoms in total. The number of ketones is 2. The summed E-state index contributed by atoms with van der Waals surface area (Å²) in [7, 11) is 0. The summed E-state index contributed by atoms with van der Waals surface area (Å²) in [5, 5.41) is 0. The molecule has 0 aliphatic rings. The Balaban J connectivity index is 0.000000428. The summed E-state index contributed by atoms with van der Waals surface area (Å²) in [4.78, 5) is 28.2. The zero-order chi connectivity index (χ0) is 16.1. The van der Waals surface area contributed by atoms with Crippen LogP contribution < -0.4 is 0 Å². The number of aryl methyl sites for hydroxylation is 1. The van der Waals surface area contributed by atoms with Crippen molar-refractivity contribution >= 4 is 38.8 Å². The summed E-state index contributed by atoms with van der Waals surface area (Å²) in [5.41, 5.74) is -0.804. The van der Waals surface area contributed by atoms with Crippen LogP contribution in [-0.4, -0.2) is 16.6 Å². The number of carbonyl (C=O) groups excluding carboxylic acids is 2. The number of thiazole rings is 1. The van der Waals surface area contributed by atoms with E-state index in [4.69, 9.17) is 0 Å². The van der Waals surface area contributed by atoms with Crippen LogP contribution in [0.4, 0.5) is 0 Å². The molecule has 0 saturated heterocycles. The van der Waals surface area contributed by atoms with Crippen LogP contribution in [0.25, 0.3) is 0 Å². The molecule has 0 unspecified atom stereocenters. The van der Waals surface area contributed by atoms with Crippen LogP contribution >= 0.6 is 27.3 Å². The predicted octanol–water partition coefficient (Wildman–Crippen LogP) is 4.82. The maximum atomic E-state index is 11.5. The minimum Gasteiger partial charge on any atom is -0.299 e. The number of hydrogen-bond donors (Lipinski definition) is 0. The van der Waals surface area contributed by atoms with Crippen LogP contribution in [0, 0.1) is 17.8 Å². The van der Waals surface area contributed by atoms with Crippen molar-refractivity contribution in [1.82, 2.24) is 4.98 Å². The molecular weight excluding hydrogens is 338 g/mol. The van der Waals surface area contributed by atoms with Gasteiger partial charge in [-0.1, -0.05) is 41.5 Å². The molecule has 0 radical (unpaired) electrons. The maximum absolute atomic E-state index is 11.5. The van der Waals surface area contributed by atoms with Crippen molar-refractivity contribution in [1.29, 1.82) is 0 Å². The van der Waals surface area contributed by atoms with Crippen molar-refractivity contribution in [2.24, 2.45) is 10.8 Å². The van der Waals surface area contributed by atoms with Crippen molar-refractivity contribution in [3.63, 3.8) is 0 Å². The van der Waals surface area contributed by atoms with Gasteiger partial charge in [-0.15, -0.1) is 11.3 Å². The van der Waals surface area contributed by atoms with Gasteiger partial charge in [-0.3, -0.25) is 9.59 Å². The third kappa shape index (κ3) is 7.90. The van der Waals surface area contributed by atoms with Gasteiger partial charge in [-0.25, -0.2) is 4.98 Å². The minimum absolute atomic E-state index is 0.0208. The molecule has 0 saturated carbocycles. The number of carbonyl (C=O) groups is 2. The monoisotopic (exact) mass is 361 g/mol. The van der Waals surface area contributed by atoms with Crippen molar-refractivity contribution in [2.45, 2.75) is 54.9 Å². The number of halogens is 1. The third-order valence-corrected chi connectivity index (χ3v) is 3.98. The second-order valence-corrected chi connectivity index (χ2v) is 9.26. The van der Waals surface area contributed by atoms with E-state index >= 15 is 0 Å². The molecule has 0 N–H and O–H groups in total. The van der Waals surface area contributed by atoms with Gasteiger partial charge in [0, 0.05) is 21.9 Å². The highest BCUT2D eigenvalue weighted by atomic mass is 79.9. The number of hydrogen-bond acceptors (Lipinski definition) is 4. The van der Waals surface area contributed by atoms with E-state index in [-0.39, 0.29) is 18.0 Å². The Morgan fingerprint density at radius 1 is 1.10 bits per heavy atom. The van der Waals surface area contributed by atoms with E-state index in [1.807, 2.05) is 54.7 Å². The lowest BCUT2D eigenvalue weighted by Gasteiger charge is -2.20. The lowest BCUT2D eigenvalue weighted by atomic mass is 9.82. The normalized spacial score (nSPS) is 11.6. The highest BCUT2D eigenvalue weighted by molar-refractivity contribution is 9.11. The molecule has 1 heterocycles. The maximum Gasteiger partial charge on any atom is 0.159 e. The first-order valence-corrected chi connectivity index (χ1v) is 8.09. The van der Waals surface area contributed by atoms with Crippen LogP contribution in [0.3, 0.4) is 0 Å². The lowest BCUT2D eigenvalue weighted by Crippen LogP contribution is -2.28. The second-order valence-electron chi connectivity index (χ2n) is 6.75. The summed E-state index contributed by atoms with van der Waals surface area (Å²) in [6, 6.07) is 0. The average molecular weight is 362 g/mol. The van der Waals surface area contributed by atoms with Crippen molar-refractivity contribution in [2.75, 3.05) is 0 Å². The zero-order valence-corrected chi connectivity index (χ0v) is 15.7. The van der Waals surface area contributed by atoms with E-state index < -0.39 is 10.8 Å². The fraction of sp³-hybridized carbons (Fsp3) is 0.667. The molecule has 5 heteroatoms. The standard InChI is InChI=1S/C11H20O2.C4H4BrNS/c1-10(2,3)8(12)7-9(13)11(4,5)6;1-3-2-6-4(5)7-3/h7H2,1-6H3;2H,1H3. The largest absolute Gasteiger partial charge is 0.299 e. The van der Waals surface area contributed by atoms with Crippen molar-refractivity contribution in [3.8, 4) is 0 Å². The Kier molecular flexibility index (Phi) is 7.25. The van der Waals surface area contributed by atoms with E-state index in [1.54, 1.807) is 11.3 Å². The van der Waals surface area contributed by atoms with Crippen LogP contribution in [0.2, 0.25) is 0 Å². The number of aromatic nitrogens is 1. The van der Waals surface area contributed by atoms with Gasteiger partial charge in [0.15, 0.2) is 3.92 Å². The SMILES string of the molecule is CC(C)(C)C(=O)CC(=O)C(C)(C)C.Cc1cnc(Br)s1. The highest BCUT2D eigenvalue weighted by Gasteiger charge is 2.28. The van der Waals surface area contributed by atoms with Gasteiger partial charge in [0.05, 0.1) is 6.42 Å². The first-order chi connectivity index (χ1) is 8.84. The summed E-state index contributed by atoms with van der Waals surface area (Å²) in [5.74, 6) is 0.0415. The van der Waals surface area contributed by atoms with Crippen molar-refractivity contribution in [3.05, 3.63) is 15.0 Å². The molecule has 0 atom stereocenters. The third-order valence-electron chi connectivity index (χ3n) is 2.59. The topological polar surface area (TPSA) is 47.0 Å². The minimum atomic E-state index is -0.402. The molecule has 1 rings (SSSR count). The Morgan fingerprint density at radius 2 is 1.50 bits per heavy atom. The van der Waals surface area contributed by atoms with E-state index in [0.717, 1.165) is 3.92 Å². The Labute approximate surface area is 134 Å². The Bertz CT molecular complexity index is 426. The molecule has 0 spiro atoms. The van der Waals surface area contributed by atoms with Crippen LogP contribution in [0.15, 0.2) is 10.1 Å². The molecule has 20 heavy (non-hydrogen) atoms. The van der Waals surface area contributed by atoms with E-state index in [2.05, 4.69) is 20.9 Å². The van der Waals surface area contributed by atoms with Gasteiger partial charge >= 0.3 is 0 Å². The summed E-state index contributed by atoms with van der Waals surface area (Å²) in [6.45, 7) is 13.1. The molecule has 0 amide bonds. The van der Waals surface area contributed by atoms with Crippen molar-refractivity contribution < 1.29 is 9.59 Å². The van der Waals surface area contributed by atoms with Gasteiger partial charge < -0.3 is 0 Å². The summed E-state index contributed by atoms with van der Waals surface area (Å²) < 4.78 is 0.963. The number of rotatable bonds is 2. The van der Waals surface area contributed by atoms with Crippen LogP contribution in [-0.2, 0) is 9.59 Å². The fourth-order valence-corrected chi connectivity index (χ4v) is 2.35. The van der Waals surface area contributed by atoms with E-state index in [1.165, 1.54) is 4.88 Å². The number of Topliss-reactive ketones (excluding diaryl/α,β-unsaturated/α-hetero) is 2. The molecular formula is C15H24BrNO2S. The first kappa shape index (κ1) is 19.4. The molecule has 0 aliphatic heterocycles. The molecule has 0 fully saturated rings. The lowest BCUT2D eigenvalue weighted by molar-refractivity contribution is -0.135. The smallest absolute Gasteiger partial charge is 0.159 e. The zero-order valence-electron chi connectivity index (χ0n) is 13.3. The van der Waals surface area contributed by atoms with Crippen LogP contribution in [0.5, 0.6) is 0 Å². The predicted molar refractivity (Wildman–Crippen MR) is 88.1 cm³/mol. The molecule has 0 bridgehead atoms. The van der Waals surface area contributed by atoms with Gasteiger partial charge in [0.1, 0.15) is 11.6 Å². The molecule has 1 aromatic heterocycles. The summed E-state index contributed by atoms with van der Waals surface area (Å²) in [6.07, 6.45) is 1.90. The molecule has 0 aliphatic carbocycles. The molecule has 0 aromatic carbocycles. The highest BCUT2D eigenvalue weighted by Crippen LogP contribution is 2.22. The number of nitrogens with zero attached hydrogens (tertiary/aromatic N) is 1. The Morgan fingerprint density at radius 3 is 1.65 bits per heavy atom.